The van der Waals surface area contributed by atoms with Gasteiger partial charge in [0, 0.05) is 30.1 Å². The van der Waals surface area contributed by atoms with Crippen LogP contribution < -0.4 is 5.73 Å². The molecule has 1 heterocycles. The molecule has 2 N–H and O–H groups in total. The Balaban J connectivity index is 2.02. The summed E-state index contributed by atoms with van der Waals surface area (Å²) in [6.07, 6.45) is 1.05. The van der Waals surface area contributed by atoms with Crippen LogP contribution in [0.5, 0.6) is 0 Å². The van der Waals surface area contributed by atoms with Crippen molar-refractivity contribution in [2.24, 2.45) is 4.99 Å². The van der Waals surface area contributed by atoms with E-state index < -0.39 is 0 Å². The van der Waals surface area contributed by atoms with Crippen molar-refractivity contribution in [1.82, 2.24) is 4.90 Å². The van der Waals surface area contributed by atoms with Crippen LogP contribution in [-0.4, -0.2) is 30.7 Å². The van der Waals surface area contributed by atoms with Gasteiger partial charge in [0.05, 0.1) is 0 Å². The molecule has 3 nitrogen and oxygen atoms in total. The van der Waals surface area contributed by atoms with Crippen LogP contribution in [0.25, 0.3) is 0 Å². The van der Waals surface area contributed by atoms with Crippen LogP contribution in [0.3, 0.4) is 0 Å². The first-order valence-corrected chi connectivity index (χ1v) is 7.37. The molecule has 0 radical (unpaired) electrons. The molecule has 0 amide bonds. The molecule has 0 saturated carbocycles. The fourth-order valence-electron chi connectivity index (χ4n) is 2.80. The quantitative estimate of drug-likeness (QED) is 0.877. The number of hydrogen-bond acceptors (Lipinski definition) is 3. The van der Waals surface area contributed by atoms with Gasteiger partial charge in [-0.05, 0) is 25.1 Å². The molecule has 21 heavy (non-hydrogen) atoms. The highest BCUT2D eigenvalue weighted by atomic mass is 15.1. The third-order valence-corrected chi connectivity index (χ3v) is 3.95. The Hall–Kier alpha value is -2.13. The lowest BCUT2D eigenvalue weighted by Crippen LogP contribution is -2.14. The summed E-state index contributed by atoms with van der Waals surface area (Å²) >= 11 is 0. The fourth-order valence-corrected chi connectivity index (χ4v) is 2.80. The van der Waals surface area contributed by atoms with Crippen LogP contribution in [0, 0.1) is 0 Å². The summed E-state index contributed by atoms with van der Waals surface area (Å²) in [6, 6.07) is 18.4. The molecule has 1 unspecified atom stereocenters. The summed E-state index contributed by atoms with van der Waals surface area (Å²) < 4.78 is 0. The topological polar surface area (TPSA) is 41.6 Å². The zero-order chi connectivity index (χ0) is 14.7. The summed E-state index contributed by atoms with van der Waals surface area (Å²) in [6.45, 7) is 2.04. The smallest absolute Gasteiger partial charge is 0.102 e. The van der Waals surface area contributed by atoms with E-state index in [0.717, 1.165) is 30.8 Å². The molecule has 1 aliphatic rings. The molecule has 1 saturated heterocycles. The second-order valence-corrected chi connectivity index (χ2v) is 5.63. The van der Waals surface area contributed by atoms with Crippen molar-refractivity contribution in [2.75, 3.05) is 25.9 Å². The van der Waals surface area contributed by atoms with Gasteiger partial charge in [-0.2, -0.15) is 0 Å². The Morgan fingerprint density at radius 2 is 1.76 bits per heavy atom. The number of anilines is 1. The van der Waals surface area contributed by atoms with Crippen LogP contribution >= 0.6 is 0 Å². The third-order valence-electron chi connectivity index (χ3n) is 3.95. The van der Waals surface area contributed by atoms with Crippen LogP contribution in [0.15, 0.2) is 59.6 Å². The highest BCUT2D eigenvalue weighted by molar-refractivity contribution is 5.88. The second-order valence-electron chi connectivity index (χ2n) is 5.63. The molecule has 3 heteroatoms. The molecular weight excluding hydrogens is 258 g/mol. The SMILES string of the molecule is CN1CCC(=NC(c2ccccc2)c2ccccc2N)C1. The molecule has 0 aromatic heterocycles. The number of nitrogens with two attached hydrogens (primary N) is 1. The van der Waals surface area contributed by atoms with Gasteiger partial charge in [0.2, 0.25) is 0 Å². The molecule has 0 bridgehead atoms. The molecule has 2 aromatic carbocycles. The van der Waals surface area contributed by atoms with E-state index in [1.165, 1.54) is 11.3 Å². The fraction of sp³-hybridized carbons (Fsp3) is 0.278. The number of benzene rings is 2. The van der Waals surface area contributed by atoms with E-state index in [1.54, 1.807) is 0 Å². The van der Waals surface area contributed by atoms with Crippen molar-refractivity contribution in [2.45, 2.75) is 12.5 Å². The molecule has 1 atom stereocenters. The average Bonchev–Trinajstić information content (AvgIpc) is 2.92. The maximum absolute atomic E-state index is 6.18. The van der Waals surface area contributed by atoms with E-state index >= 15 is 0 Å². The van der Waals surface area contributed by atoms with Gasteiger partial charge in [-0.25, -0.2) is 0 Å². The first kappa shape index (κ1) is 13.8. The number of hydrogen-bond donors (Lipinski definition) is 1. The van der Waals surface area contributed by atoms with E-state index in [4.69, 9.17) is 10.7 Å². The molecule has 108 valence electrons. The van der Waals surface area contributed by atoms with Gasteiger partial charge in [-0.15, -0.1) is 0 Å². The maximum Gasteiger partial charge on any atom is 0.102 e. The van der Waals surface area contributed by atoms with Crippen LogP contribution in [0.4, 0.5) is 5.69 Å². The minimum atomic E-state index is -0.00565. The Bertz CT molecular complexity index is 634. The van der Waals surface area contributed by atoms with Gasteiger partial charge in [0.1, 0.15) is 6.04 Å². The molecule has 3 rings (SSSR count). The monoisotopic (exact) mass is 279 g/mol. The molecule has 1 fully saturated rings. The van der Waals surface area contributed by atoms with Crippen molar-refractivity contribution < 1.29 is 0 Å². The number of para-hydroxylation sites is 1. The number of nitrogens with zero attached hydrogens (tertiary/aromatic N) is 2. The van der Waals surface area contributed by atoms with Crippen molar-refractivity contribution in [3.8, 4) is 0 Å². The van der Waals surface area contributed by atoms with Gasteiger partial charge >= 0.3 is 0 Å². The van der Waals surface area contributed by atoms with E-state index in [9.17, 15) is 0 Å². The van der Waals surface area contributed by atoms with E-state index in [0.29, 0.717) is 0 Å². The lowest BCUT2D eigenvalue weighted by molar-refractivity contribution is 0.428. The molecule has 0 spiro atoms. The Morgan fingerprint density at radius 1 is 1.05 bits per heavy atom. The van der Waals surface area contributed by atoms with Crippen molar-refractivity contribution in [1.29, 1.82) is 0 Å². The Kier molecular flexibility index (Phi) is 4.02. The average molecular weight is 279 g/mol. The van der Waals surface area contributed by atoms with Crippen LogP contribution in [-0.2, 0) is 0 Å². The maximum atomic E-state index is 6.18. The Morgan fingerprint density at radius 3 is 2.43 bits per heavy atom. The standard InChI is InChI=1S/C18H21N3/c1-21-12-11-15(13-21)20-18(14-7-3-2-4-8-14)16-9-5-6-10-17(16)19/h2-10,18H,11-13,19H2,1H3. The van der Waals surface area contributed by atoms with E-state index in [-0.39, 0.29) is 6.04 Å². The normalized spacial score (nSPS) is 19.0. The minimum Gasteiger partial charge on any atom is -0.398 e. The lowest BCUT2D eigenvalue weighted by Gasteiger charge is -2.17. The number of nitrogen functional groups attached to an aromatic ring is 1. The Labute approximate surface area is 126 Å². The van der Waals surface area contributed by atoms with Gasteiger partial charge in [0.15, 0.2) is 0 Å². The minimum absolute atomic E-state index is 0.00565. The highest BCUT2D eigenvalue weighted by Crippen LogP contribution is 2.30. The molecule has 1 aliphatic heterocycles. The first-order valence-electron chi connectivity index (χ1n) is 7.37. The zero-order valence-corrected chi connectivity index (χ0v) is 12.4. The summed E-state index contributed by atoms with van der Waals surface area (Å²) in [5.41, 5.74) is 10.5. The summed E-state index contributed by atoms with van der Waals surface area (Å²) in [7, 11) is 2.14. The first-order chi connectivity index (χ1) is 10.2. The number of aliphatic imine (C=N–C) groups is 1. The highest BCUT2D eigenvalue weighted by Gasteiger charge is 2.19. The summed E-state index contributed by atoms with van der Waals surface area (Å²) in [5, 5.41) is 0. The van der Waals surface area contributed by atoms with Gasteiger partial charge in [-0.3, -0.25) is 4.99 Å². The second kappa shape index (κ2) is 6.10. The van der Waals surface area contributed by atoms with E-state index in [2.05, 4.69) is 42.3 Å². The predicted molar refractivity (Wildman–Crippen MR) is 88.7 cm³/mol. The molecule has 2 aromatic rings. The number of likely N-dealkylation sites (tertiary alicyclic amines) is 1. The predicted octanol–water partition coefficient (Wildman–Crippen LogP) is 3.13. The summed E-state index contributed by atoms with van der Waals surface area (Å²) in [4.78, 5) is 7.32. The van der Waals surface area contributed by atoms with Crippen molar-refractivity contribution >= 4 is 11.4 Å². The summed E-state index contributed by atoms with van der Waals surface area (Å²) in [5.74, 6) is 0. The molecular formula is C18H21N3. The largest absolute Gasteiger partial charge is 0.398 e. The van der Waals surface area contributed by atoms with Gasteiger partial charge in [-0.1, -0.05) is 48.5 Å². The van der Waals surface area contributed by atoms with Crippen molar-refractivity contribution in [3.05, 3.63) is 65.7 Å². The van der Waals surface area contributed by atoms with Crippen LogP contribution in [0.2, 0.25) is 0 Å². The van der Waals surface area contributed by atoms with E-state index in [1.807, 2.05) is 24.3 Å². The number of rotatable bonds is 3. The van der Waals surface area contributed by atoms with Crippen LogP contribution in [0.1, 0.15) is 23.6 Å². The van der Waals surface area contributed by atoms with Gasteiger partial charge in [0.25, 0.3) is 0 Å². The molecule has 0 aliphatic carbocycles. The third kappa shape index (κ3) is 3.14. The van der Waals surface area contributed by atoms with Crippen molar-refractivity contribution in [3.63, 3.8) is 0 Å². The van der Waals surface area contributed by atoms with Gasteiger partial charge < -0.3 is 10.6 Å². The zero-order valence-electron chi connectivity index (χ0n) is 12.4. The lowest BCUT2D eigenvalue weighted by atomic mass is 9.97.